The molecule has 0 saturated carbocycles. The number of hydrogen-bond acceptors (Lipinski definition) is 5. The highest BCUT2D eigenvalue weighted by atomic mass is 19.1. The number of fused-ring (bicyclic) bond motifs is 1. The minimum Gasteiger partial charge on any atom is -0.457 e. The third-order valence-corrected chi connectivity index (χ3v) is 4.40. The van der Waals surface area contributed by atoms with Crippen LogP contribution in [0.2, 0.25) is 0 Å². The van der Waals surface area contributed by atoms with Crippen molar-refractivity contribution >= 4 is 17.4 Å². The van der Waals surface area contributed by atoms with E-state index in [2.05, 4.69) is 10.1 Å². The zero-order valence-electron chi connectivity index (χ0n) is 15.5. The van der Waals surface area contributed by atoms with Gasteiger partial charge in [-0.25, -0.2) is 13.9 Å². The SMILES string of the molecule is Cc1cc2nc(C)c(CCC(=O)OCC(=O)c3ccc(F)cc3)c(C)n2n1. The van der Waals surface area contributed by atoms with Gasteiger partial charge in [0, 0.05) is 29.4 Å². The molecule has 140 valence electrons. The standard InChI is InChI=1S/C20H20FN3O3/c1-12-10-19-22-13(2)17(14(3)24(19)23-12)8-9-20(26)27-11-18(25)15-4-6-16(21)7-5-15/h4-7,10H,8-9,11H2,1-3H3. The fraction of sp³-hybridized carbons (Fsp3) is 0.300. The van der Waals surface area contributed by atoms with Crippen LogP contribution in [0.25, 0.3) is 5.65 Å². The van der Waals surface area contributed by atoms with E-state index < -0.39 is 11.8 Å². The second-order valence-corrected chi connectivity index (χ2v) is 6.41. The minimum absolute atomic E-state index is 0.131. The van der Waals surface area contributed by atoms with Gasteiger partial charge in [-0.2, -0.15) is 5.10 Å². The molecule has 3 aromatic rings. The number of aryl methyl sites for hydroxylation is 3. The highest BCUT2D eigenvalue weighted by molar-refractivity contribution is 5.97. The van der Waals surface area contributed by atoms with E-state index >= 15 is 0 Å². The normalized spacial score (nSPS) is 11.0. The smallest absolute Gasteiger partial charge is 0.306 e. The van der Waals surface area contributed by atoms with E-state index in [1.807, 2.05) is 26.8 Å². The summed E-state index contributed by atoms with van der Waals surface area (Å²) in [6.07, 6.45) is 0.578. The lowest BCUT2D eigenvalue weighted by molar-refractivity contribution is -0.142. The molecule has 0 N–H and O–H groups in total. The van der Waals surface area contributed by atoms with Gasteiger partial charge in [0.05, 0.1) is 5.69 Å². The van der Waals surface area contributed by atoms with Gasteiger partial charge < -0.3 is 4.74 Å². The maximum absolute atomic E-state index is 12.9. The van der Waals surface area contributed by atoms with Crippen LogP contribution in [0.1, 0.15) is 39.4 Å². The summed E-state index contributed by atoms with van der Waals surface area (Å²) in [6, 6.07) is 7.02. The summed E-state index contributed by atoms with van der Waals surface area (Å²) in [4.78, 5) is 28.5. The van der Waals surface area contributed by atoms with E-state index in [4.69, 9.17) is 4.74 Å². The van der Waals surface area contributed by atoms with Gasteiger partial charge in [-0.05, 0) is 57.0 Å². The van der Waals surface area contributed by atoms with Gasteiger partial charge >= 0.3 is 5.97 Å². The Morgan fingerprint density at radius 1 is 1.15 bits per heavy atom. The first-order chi connectivity index (χ1) is 12.8. The molecule has 2 heterocycles. The zero-order valence-corrected chi connectivity index (χ0v) is 15.5. The zero-order chi connectivity index (χ0) is 19.6. The Kier molecular flexibility index (Phi) is 5.30. The van der Waals surface area contributed by atoms with E-state index in [-0.39, 0.29) is 18.8 Å². The van der Waals surface area contributed by atoms with Gasteiger partial charge in [-0.15, -0.1) is 0 Å². The molecule has 7 heteroatoms. The van der Waals surface area contributed by atoms with E-state index in [1.165, 1.54) is 24.3 Å². The molecule has 1 aromatic carbocycles. The predicted octanol–water partition coefficient (Wildman–Crippen LogP) is 3.15. The number of nitrogens with zero attached hydrogens (tertiary/aromatic N) is 3. The monoisotopic (exact) mass is 369 g/mol. The van der Waals surface area contributed by atoms with Gasteiger partial charge in [-0.1, -0.05) is 0 Å². The molecule has 0 spiro atoms. The first-order valence-corrected chi connectivity index (χ1v) is 8.62. The Balaban J connectivity index is 1.60. The molecule has 0 unspecified atom stereocenters. The van der Waals surface area contributed by atoms with E-state index in [0.717, 1.165) is 28.3 Å². The average molecular weight is 369 g/mol. The third kappa shape index (κ3) is 4.19. The minimum atomic E-state index is -0.471. The first kappa shape index (κ1) is 18.7. The van der Waals surface area contributed by atoms with E-state index in [9.17, 15) is 14.0 Å². The molecular formula is C20H20FN3O3. The fourth-order valence-electron chi connectivity index (χ4n) is 2.97. The number of rotatable bonds is 6. The van der Waals surface area contributed by atoms with Crippen LogP contribution in [0.4, 0.5) is 4.39 Å². The average Bonchev–Trinajstić information content (AvgIpc) is 3.00. The second-order valence-electron chi connectivity index (χ2n) is 6.41. The molecule has 0 aliphatic heterocycles. The first-order valence-electron chi connectivity index (χ1n) is 8.62. The lowest BCUT2D eigenvalue weighted by Gasteiger charge is -2.11. The maximum Gasteiger partial charge on any atom is 0.306 e. The van der Waals surface area contributed by atoms with Crippen molar-refractivity contribution in [3.8, 4) is 0 Å². The number of aromatic nitrogens is 3. The van der Waals surface area contributed by atoms with Crippen molar-refractivity contribution in [2.75, 3.05) is 6.61 Å². The van der Waals surface area contributed by atoms with Crippen LogP contribution in [-0.2, 0) is 16.0 Å². The molecule has 0 saturated heterocycles. The summed E-state index contributed by atoms with van der Waals surface area (Å²) in [5, 5.41) is 4.41. The van der Waals surface area contributed by atoms with Crippen molar-refractivity contribution in [1.29, 1.82) is 0 Å². The lowest BCUT2D eigenvalue weighted by Crippen LogP contribution is -2.15. The molecule has 0 fully saturated rings. The number of halogens is 1. The van der Waals surface area contributed by atoms with Crippen LogP contribution in [0, 0.1) is 26.6 Å². The molecule has 0 bridgehead atoms. The second kappa shape index (κ2) is 7.65. The van der Waals surface area contributed by atoms with Gasteiger partial charge in [0.1, 0.15) is 5.82 Å². The summed E-state index contributed by atoms with van der Waals surface area (Å²) in [5.74, 6) is -1.26. The van der Waals surface area contributed by atoms with Crippen molar-refractivity contribution < 1.29 is 18.7 Å². The van der Waals surface area contributed by atoms with Crippen molar-refractivity contribution in [1.82, 2.24) is 14.6 Å². The number of carbonyl (C=O) groups is 2. The van der Waals surface area contributed by atoms with Crippen LogP contribution < -0.4 is 0 Å². The number of ketones is 1. The number of hydrogen-bond donors (Lipinski definition) is 0. The maximum atomic E-state index is 12.9. The number of benzene rings is 1. The lowest BCUT2D eigenvalue weighted by atomic mass is 10.1. The van der Waals surface area contributed by atoms with Crippen LogP contribution in [0.15, 0.2) is 30.3 Å². The highest BCUT2D eigenvalue weighted by Crippen LogP contribution is 2.17. The number of carbonyl (C=O) groups excluding carboxylic acids is 2. The summed E-state index contributed by atoms with van der Waals surface area (Å²) < 4.78 is 19.7. The molecule has 0 amide bonds. The molecule has 0 atom stereocenters. The summed E-state index contributed by atoms with van der Waals surface area (Å²) in [7, 11) is 0. The van der Waals surface area contributed by atoms with Gasteiger partial charge in [0.15, 0.2) is 18.0 Å². The highest BCUT2D eigenvalue weighted by Gasteiger charge is 2.14. The van der Waals surface area contributed by atoms with Crippen LogP contribution in [0.3, 0.4) is 0 Å². The predicted molar refractivity (Wildman–Crippen MR) is 97.2 cm³/mol. The summed E-state index contributed by atoms with van der Waals surface area (Å²) in [5.41, 5.74) is 4.67. The molecule has 3 rings (SSSR count). The van der Waals surface area contributed by atoms with Crippen molar-refractivity contribution in [3.63, 3.8) is 0 Å². The Bertz CT molecular complexity index is 1010. The largest absolute Gasteiger partial charge is 0.457 e. The Morgan fingerprint density at radius 3 is 2.56 bits per heavy atom. The van der Waals surface area contributed by atoms with Crippen LogP contribution in [-0.4, -0.2) is 33.0 Å². The van der Waals surface area contributed by atoms with Crippen molar-refractivity contribution in [3.05, 3.63) is 64.4 Å². The fourth-order valence-corrected chi connectivity index (χ4v) is 2.97. The molecular weight excluding hydrogens is 349 g/mol. The molecule has 0 radical (unpaired) electrons. The molecule has 0 aliphatic rings. The van der Waals surface area contributed by atoms with Crippen LogP contribution in [0.5, 0.6) is 0 Å². The summed E-state index contributed by atoms with van der Waals surface area (Å²) in [6.45, 7) is 5.37. The molecule has 6 nitrogen and oxygen atoms in total. The molecule has 27 heavy (non-hydrogen) atoms. The quantitative estimate of drug-likeness (QED) is 0.493. The summed E-state index contributed by atoms with van der Waals surface area (Å²) >= 11 is 0. The van der Waals surface area contributed by atoms with Gasteiger partial charge in [-0.3, -0.25) is 9.59 Å². The Labute approximate surface area is 156 Å². The Morgan fingerprint density at radius 2 is 1.85 bits per heavy atom. The molecule has 0 aliphatic carbocycles. The number of Topliss-reactive ketones (excluding diaryl/α,β-unsaturated/α-hetero) is 1. The third-order valence-electron chi connectivity index (χ3n) is 4.40. The van der Waals surface area contributed by atoms with Gasteiger partial charge in [0.2, 0.25) is 0 Å². The van der Waals surface area contributed by atoms with Crippen molar-refractivity contribution in [2.24, 2.45) is 0 Å². The molecule has 2 aromatic heterocycles. The Hall–Kier alpha value is -3.09. The van der Waals surface area contributed by atoms with Gasteiger partial charge in [0.25, 0.3) is 0 Å². The topological polar surface area (TPSA) is 73.6 Å². The van der Waals surface area contributed by atoms with E-state index in [0.29, 0.717) is 12.0 Å². The number of esters is 1. The van der Waals surface area contributed by atoms with E-state index in [1.54, 1.807) is 4.52 Å². The number of ether oxygens (including phenoxy) is 1. The van der Waals surface area contributed by atoms with Crippen LogP contribution >= 0.6 is 0 Å². The van der Waals surface area contributed by atoms with Crippen molar-refractivity contribution in [2.45, 2.75) is 33.6 Å².